The van der Waals surface area contributed by atoms with Crippen LogP contribution < -0.4 is 0 Å². The lowest BCUT2D eigenvalue weighted by Crippen LogP contribution is -2.21. The fourth-order valence-corrected chi connectivity index (χ4v) is 3.88. The van der Waals surface area contributed by atoms with Crippen molar-refractivity contribution in [3.8, 4) is 0 Å². The zero-order valence-electron chi connectivity index (χ0n) is 10.9. The van der Waals surface area contributed by atoms with E-state index in [1.54, 1.807) is 12.8 Å². The van der Waals surface area contributed by atoms with Gasteiger partial charge in [0, 0.05) is 0 Å². The monoisotopic (exact) mass is 208 g/mol. The lowest BCUT2D eigenvalue weighted by Gasteiger charge is -2.32. The van der Waals surface area contributed by atoms with Gasteiger partial charge in [-0.1, -0.05) is 46.5 Å². The van der Waals surface area contributed by atoms with Gasteiger partial charge in [-0.05, 0) is 48.9 Å². The number of rotatable bonds is 0. The Morgan fingerprint density at radius 3 is 1.93 bits per heavy atom. The van der Waals surface area contributed by atoms with Crippen molar-refractivity contribution in [2.45, 2.75) is 78.6 Å². The van der Waals surface area contributed by atoms with Gasteiger partial charge in [-0.3, -0.25) is 0 Å². The van der Waals surface area contributed by atoms with Crippen molar-refractivity contribution < 1.29 is 0 Å². The molecule has 0 bridgehead atoms. The highest BCUT2D eigenvalue weighted by molar-refractivity contribution is 4.93. The third-order valence-corrected chi connectivity index (χ3v) is 5.09. The van der Waals surface area contributed by atoms with Crippen LogP contribution in [0.5, 0.6) is 0 Å². The molecule has 0 aliphatic heterocycles. The summed E-state index contributed by atoms with van der Waals surface area (Å²) >= 11 is 0. The summed E-state index contributed by atoms with van der Waals surface area (Å²) in [6.45, 7) is 7.31. The van der Waals surface area contributed by atoms with Gasteiger partial charge in [0.1, 0.15) is 0 Å². The Kier molecular flexibility index (Phi) is 3.14. The van der Waals surface area contributed by atoms with Gasteiger partial charge in [0.15, 0.2) is 0 Å². The molecule has 0 nitrogen and oxygen atoms in total. The molecule has 0 aromatic rings. The minimum atomic E-state index is 0.551. The van der Waals surface area contributed by atoms with Gasteiger partial charge in [-0.25, -0.2) is 0 Å². The van der Waals surface area contributed by atoms with E-state index in [4.69, 9.17) is 0 Å². The first-order chi connectivity index (χ1) is 7.02. The standard InChI is InChI=1S/C15H28/c1-14(2,3)13-8-11-15(12-13)9-6-4-5-7-10-15/h13H,4-12H2,1-3H3. The molecule has 0 heteroatoms. The Balaban J connectivity index is 2.00. The van der Waals surface area contributed by atoms with Crippen LogP contribution in [0.1, 0.15) is 78.6 Å². The van der Waals surface area contributed by atoms with Crippen molar-refractivity contribution >= 4 is 0 Å². The van der Waals surface area contributed by atoms with Crippen LogP contribution in [0.2, 0.25) is 0 Å². The minimum Gasteiger partial charge on any atom is -0.0599 e. The van der Waals surface area contributed by atoms with Gasteiger partial charge in [0.2, 0.25) is 0 Å². The molecular weight excluding hydrogens is 180 g/mol. The van der Waals surface area contributed by atoms with Crippen molar-refractivity contribution in [1.82, 2.24) is 0 Å². The van der Waals surface area contributed by atoms with Gasteiger partial charge in [0.25, 0.3) is 0 Å². The Bertz CT molecular complexity index is 201. The molecule has 2 rings (SSSR count). The van der Waals surface area contributed by atoms with Crippen LogP contribution in [0.25, 0.3) is 0 Å². The van der Waals surface area contributed by atoms with Gasteiger partial charge < -0.3 is 0 Å². The second-order valence-corrected chi connectivity index (χ2v) is 7.22. The van der Waals surface area contributed by atoms with Crippen molar-refractivity contribution in [1.29, 1.82) is 0 Å². The van der Waals surface area contributed by atoms with Gasteiger partial charge >= 0.3 is 0 Å². The van der Waals surface area contributed by atoms with Crippen molar-refractivity contribution in [3.05, 3.63) is 0 Å². The second-order valence-electron chi connectivity index (χ2n) is 7.22. The summed E-state index contributed by atoms with van der Waals surface area (Å²) in [5.41, 5.74) is 1.34. The van der Waals surface area contributed by atoms with Crippen molar-refractivity contribution in [2.24, 2.45) is 16.7 Å². The number of hydrogen-bond acceptors (Lipinski definition) is 0. The molecule has 15 heavy (non-hydrogen) atoms. The maximum Gasteiger partial charge on any atom is -0.0295 e. The molecule has 2 saturated carbocycles. The molecule has 2 aliphatic rings. The molecule has 1 spiro atoms. The molecule has 1 unspecified atom stereocenters. The normalized spacial score (nSPS) is 31.8. The molecule has 0 heterocycles. The van der Waals surface area contributed by atoms with E-state index in [1.807, 2.05) is 0 Å². The van der Waals surface area contributed by atoms with Gasteiger partial charge in [-0.15, -0.1) is 0 Å². The molecule has 0 saturated heterocycles. The Labute approximate surface area is 95.8 Å². The molecule has 2 aliphatic carbocycles. The highest BCUT2D eigenvalue weighted by atomic mass is 14.5. The van der Waals surface area contributed by atoms with E-state index in [0.717, 1.165) is 11.3 Å². The highest BCUT2D eigenvalue weighted by Gasteiger charge is 2.42. The average molecular weight is 208 g/mol. The van der Waals surface area contributed by atoms with E-state index in [1.165, 1.54) is 44.9 Å². The zero-order chi connectivity index (χ0) is 10.9. The van der Waals surface area contributed by atoms with Crippen molar-refractivity contribution in [2.75, 3.05) is 0 Å². The van der Waals surface area contributed by atoms with E-state index >= 15 is 0 Å². The van der Waals surface area contributed by atoms with Crippen molar-refractivity contribution in [3.63, 3.8) is 0 Å². The summed E-state index contributed by atoms with van der Waals surface area (Å²) < 4.78 is 0. The van der Waals surface area contributed by atoms with Crippen LogP contribution in [0.3, 0.4) is 0 Å². The van der Waals surface area contributed by atoms with Gasteiger partial charge in [-0.2, -0.15) is 0 Å². The molecule has 1 atom stereocenters. The molecular formula is C15H28. The molecule has 0 N–H and O–H groups in total. The summed E-state index contributed by atoms with van der Waals surface area (Å²) in [5.74, 6) is 0.996. The topological polar surface area (TPSA) is 0 Å². The van der Waals surface area contributed by atoms with Crippen LogP contribution in [0.4, 0.5) is 0 Å². The zero-order valence-corrected chi connectivity index (χ0v) is 10.9. The molecule has 88 valence electrons. The van der Waals surface area contributed by atoms with Crippen LogP contribution in [-0.4, -0.2) is 0 Å². The van der Waals surface area contributed by atoms with E-state index in [0.29, 0.717) is 5.41 Å². The van der Waals surface area contributed by atoms with E-state index in [9.17, 15) is 0 Å². The second kappa shape index (κ2) is 4.11. The summed E-state index contributed by atoms with van der Waals surface area (Å²) in [4.78, 5) is 0. The molecule has 0 amide bonds. The van der Waals surface area contributed by atoms with Crippen LogP contribution in [0.15, 0.2) is 0 Å². The molecule has 2 fully saturated rings. The fraction of sp³-hybridized carbons (Fsp3) is 1.00. The predicted octanol–water partition coefficient (Wildman–Crippen LogP) is 5.17. The lowest BCUT2D eigenvalue weighted by atomic mass is 9.74. The Morgan fingerprint density at radius 1 is 0.867 bits per heavy atom. The average Bonchev–Trinajstić information content (AvgIpc) is 2.41. The summed E-state index contributed by atoms with van der Waals surface area (Å²) in [6, 6.07) is 0. The molecule has 0 aromatic carbocycles. The summed E-state index contributed by atoms with van der Waals surface area (Å²) in [5, 5.41) is 0. The lowest BCUT2D eigenvalue weighted by molar-refractivity contribution is 0.190. The molecule has 0 radical (unpaired) electrons. The van der Waals surface area contributed by atoms with E-state index in [-0.39, 0.29) is 0 Å². The maximum absolute atomic E-state index is 2.44. The van der Waals surface area contributed by atoms with Crippen LogP contribution in [0, 0.1) is 16.7 Å². The van der Waals surface area contributed by atoms with E-state index in [2.05, 4.69) is 20.8 Å². The predicted molar refractivity (Wildman–Crippen MR) is 66.9 cm³/mol. The fourth-order valence-electron chi connectivity index (χ4n) is 3.88. The number of hydrogen-bond donors (Lipinski definition) is 0. The summed E-state index contributed by atoms with van der Waals surface area (Å²) in [6.07, 6.45) is 13.7. The first-order valence-corrected chi connectivity index (χ1v) is 7.02. The Morgan fingerprint density at radius 2 is 1.47 bits per heavy atom. The summed E-state index contributed by atoms with van der Waals surface area (Å²) in [7, 11) is 0. The Hall–Kier alpha value is 0. The first-order valence-electron chi connectivity index (χ1n) is 7.02. The smallest absolute Gasteiger partial charge is 0.0295 e. The van der Waals surface area contributed by atoms with E-state index < -0.39 is 0 Å². The third-order valence-electron chi connectivity index (χ3n) is 5.09. The van der Waals surface area contributed by atoms with Crippen LogP contribution in [-0.2, 0) is 0 Å². The first kappa shape index (κ1) is 11.5. The molecule has 0 aromatic heterocycles. The minimum absolute atomic E-state index is 0.551. The SMILES string of the molecule is CC(C)(C)C1CCC2(CCCCCC2)C1. The quantitative estimate of drug-likeness (QED) is 0.515. The largest absolute Gasteiger partial charge is 0.0599 e. The highest BCUT2D eigenvalue weighted by Crippen LogP contribution is 2.54. The third kappa shape index (κ3) is 2.57. The van der Waals surface area contributed by atoms with Crippen LogP contribution >= 0.6 is 0 Å². The maximum atomic E-state index is 2.44. The van der Waals surface area contributed by atoms with Gasteiger partial charge in [0.05, 0.1) is 0 Å².